The number of benzene rings is 1. The van der Waals surface area contributed by atoms with Gasteiger partial charge < -0.3 is 14.6 Å². The van der Waals surface area contributed by atoms with Crippen molar-refractivity contribution in [1.82, 2.24) is 15.5 Å². The summed E-state index contributed by atoms with van der Waals surface area (Å²) in [6.07, 6.45) is 1.74. The number of methoxy groups -OCH3 is 1. The van der Waals surface area contributed by atoms with Gasteiger partial charge in [0.1, 0.15) is 5.75 Å². The summed E-state index contributed by atoms with van der Waals surface area (Å²) >= 11 is 0. The molecule has 0 amide bonds. The Hall–Kier alpha value is -1.59. The van der Waals surface area contributed by atoms with Crippen LogP contribution >= 0.6 is 12.4 Å². The average molecular weight is 312 g/mol. The summed E-state index contributed by atoms with van der Waals surface area (Å²) in [6.45, 7) is 5.10. The van der Waals surface area contributed by atoms with Crippen LogP contribution in [0.2, 0.25) is 0 Å². The van der Waals surface area contributed by atoms with Crippen molar-refractivity contribution < 1.29 is 9.26 Å². The molecule has 2 aromatic rings. The van der Waals surface area contributed by atoms with Crippen LogP contribution in [0.25, 0.3) is 0 Å². The Morgan fingerprint density at radius 2 is 2.00 bits per heavy atom. The van der Waals surface area contributed by atoms with Gasteiger partial charge in [0.2, 0.25) is 5.89 Å². The minimum Gasteiger partial charge on any atom is -0.497 e. The van der Waals surface area contributed by atoms with Crippen LogP contribution in [-0.4, -0.2) is 23.8 Å². The van der Waals surface area contributed by atoms with E-state index in [4.69, 9.17) is 9.26 Å². The zero-order chi connectivity index (χ0) is 14.4. The monoisotopic (exact) mass is 311 g/mol. The first-order valence-electron chi connectivity index (χ1n) is 6.91. The Balaban J connectivity index is 0.00000220. The van der Waals surface area contributed by atoms with Crippen LogP contribution in [0.4, 0.5) is 0 Å². The maximum atomic E-state index is 5.29. The maximum Gasteiger partial charge on any atom is 0.243 e. The highest BCUT2D eigenvalue weighted by atomic mass is 35.5. The lowest BCUT2D eigenvalue weighted by Crippen LogP contribution is -2.19. The van der Waals surface area contributed by atoms with Crippen LogP contribution in [0.15, 0.2) is 28.8 Å². The van der Waals surface area contributed by atoms with E-state index in [1.165, 1.54) is 0 Å². The average Bonchev–Trinajstić information content (AvgIpc) is 2.94. The molecule has 1 aromatic heterocycles. The van der Waals surface area contributed by atoms with Crippen LogP contribution in [0, 0.1) is 0 Å². The molecule has 0 aliphatic rings. The third kappa shape index (κ3) is 5.02. The molecular weight excluding hydrogens is 290 g/mol. The largest absolute Gasteiger partial charge is 0.497 e. The Morgan fingerprint density at radius 3 is 2.62 bits per heavy atom. The molecule has 116 valence electrons. The van der Waals surface area contributed by atoms with Gasteiger partial charge in [-0.15, -0.1) is 12.4 Å². The highest BCUT2D eigenvalue weighted by Gasteiger charge is 2.13. The lowest BCUT2D eigenvalue weighted by atomic mass is 10.1. The van der Waals surface area contributed by atoms with Gasteiger partial charge in [0.05, 0.1) is 13.2 Å². The Labute approximate surface area is 131 Å². The van der Waals surface area contributed by atoms with Crippen molar-refractivity contribution in [2.75, 3.05) is 13.7 Å². The van der Waals surface area contributed by atoms with E-state index in [-0.39, 0.29) is 18.4 Å². The van der Waals surface area contributed by atoms with E-state index < -0.39 is 0 Å². The van der Waals surface area contributed by atoms with Crippen molar-refractivity contribution in [2.24, 2.45) is 0 Å². The van der Waals surface area contributed by atoms with Gasteiger partial charge in [0.25, 0.3) is 0 Å². The van der Waals surface area contributed by atoms with Gasteiger partial charge in [-0.2, -0.15) is 4.98 Å². The Morgan fingerprint density at radius 1 is 1.29 bits per heavy atom. The molecule has 6 heteroatoms. The zero-order valence-electron chi connectivity index (χ0n) is 12.6. The molecule has 0 saturated carbocycles. The van der Waals surface area contributed by atoms with Crippen LogP contribution in [-0.2, 0) is 6.42 Å². The molecule has 2 rings (SSSR count). The molecule has 1 atom stereocenters. The molecule has 0 aliphatic carbocycles. The third-order valence-corrected chi connectivity index (χ3v) is 3.08. The molecule has 0 saturated heterocycles. The highest BCUT2D eigenvalue weighted by Crippen LogP contribution is 2.15. The first-order chi connectivity index (χ1) is 9.72. The summed E-state index contributed by atoms with van der Waals surface area (Å²) in [7, 11) is 1.66. The molecule has 1 heterocycles. The number of hydrogen-bond donors (Lipinski definition) is 1. The predicted octanol–water partition coefficient (Wildman–Crippen LogP) is 3.15. The minimum absolute atomic E-state index is 0. The molecule has 21 heavy (non-hydrogen) atoms. The first kappa shape index (κ1) is 17.5. The molecular formula is C15H22ClN3O2. The molecule has 1 unspecified atom stereocenters. The highest BCUT2D eigenvalue weighted by molar-refractivity contribution is 5.85. The van der Waals surface area contributed by atoms with Gasteiger partial charge in [-0.25, -0.2) is 0 Å². The van der Waals surface area contributed by atoms with Crippen molar-refractivity contribution in [3.63, 3.8) is 0 Å². The van der Waals surface area contributed by atoms with Gasteiger partial charge in [-0.3, -0.25) is 0 Å². The van der Waals surface area contributed by atoms with E-state index in [1.54, 1.807) is 7.11 Å². The Kier molecular flexibility index (Phi) is 7.19. The van der Waals surface area contributed by atoms with Crippen molar-refractivity contribution in [1.29, 1.82) is 0 Å². The fourth-order valence-corrected chi connectivity index (χ4v) is 1.89. The molecule has 0 radical (unpaired) electrons. The normalized spacial score (nSPS) is 11.8. The molecule has 0 fully saturated rings. The number of nitrogens with one attached hydrogen (secondary N) is 1. The van der Waals surface area contributed by atoms with E-state index in [2.05, 4.69) is 22.4 Å². The summed E-state index contributed by atoms with van der Waals surface area (Å²) in [5.74, 6) is 2.19. The van der Waals surface area contributed by atoms with Crippen molar-refractivity contribution >= 4 is 12.4 Å². The lowest BCUT2D eigenvalue weighted by molar-refractivity contribution is 0.337. The van der Waals surface area contributed by atoms with Crippen LogP contribution in [0.5, 0.6) is 5.75 Å². The van der Waals surface area contributed by atoms with Gasteiger partial charge in [0, 0.05) is 6.42 Å². The van der Waals surface area contributed by atoms with E-state index >= 15 is 0 Å². The zero-order valence-corrected chi connectivity index (χ0v) is 13.4. The van der Waals surface area contributed by atoms with E-state index in [9.17, 15) is 0 Å². The summed E-state index contributed by atoms with van der Waals surface area (Å²) in [6, 6.07) is 7.97. The SMILES string of the molecule is CCCNC(C)c1nc(Cc2ccc(OC)cc2)no1.Cl. The summed E-state index contributed by atoms with van der Waals surface area (Å²) in [5, 5.41) is 7.35. The van der Waals surface area contributed by atoms with E-state index in [0.717, 1.165) is 24.3 Å². The molecule has 1 N–H and O–H groups in total. The van der Waals surface area contributed by atoms with E-state index in [1.807, 2.05) is 31.2 Å². The molecule has 0 aliphatic heterocycles. The fourth-order valence-electron chi connectivity index (χ4n) is 1.89. The van der Waals surface area contributed by atoms with E-state index in [0.29, 0.717) is 18.1 Å². The van der Waals surface area contributed by atoms with Gasteiger partial charge in [0.15, 0.2) is 5.82 Å². The van der Waals surface area contributed by atoms with Crippen molar-refractivity contribution in [2.45, 2.75) is 32.7 Å². The topological polar surface area (TPSA) is 60.2 Å². The van der Waals surface area contributed by atoms with Crippen LogP contribution < -0.4 is 10.1 Å². The maximum absolute atomic E-state index is 5.29. The summed E-state index contributed by atoms with van der Waals surface area (Å²) in [5.41, 5.74) is 1.13. The summed E-state index contributed by atoms with van der Waals surface area (Å²) < 4.78 is 10.4. The third-order valence-electron chi connectivity index (χ3n) is 3.08. The second-order valence-corrected chi connectivity index (χ2v) is 4.75. The smallest absolute Gasteiger partial charge is 0.243 e. The number of ether oxygens (including phenoxy) is 1. The number of hydrogen-bond acceptors (Lipinski definition) is 5. The number of aromatic nitrogens is 2. The van der Waals surface area contributed by atoms with Gasteiger partial charge >= 0.3 is 0 Å². The first-order valence-corrected chi connectivity index (χ1v) is 6.91. The molecule has 0 spiro atoms. The molecule has 0 bridgehead atoms. The standard InChI is InChI=1S/C15H21N3O2.ClH/c1-4-9-16-11(2)15-17-14(18-20-15)10-12-5-7-13(19-3)8-6-12;/h5-8,11,16H,4,9-10H2,1-3H3;1H. The fraction of sp³-hybridized carbons (Fsp3) is 0.467. The van der Waals surface area contributed by atoms with Crippen molar-refractivity contribution in [3.05, 3.63) is 41.5 Å². The van der Waals surface area contributed by atoms with Gasteiger partial charge in [-0.05, 0) is 37.6 Å². The van der Waals surface area contributed by atoms with Crippen LogP contribution in [0.1, 0.15) is 43.6 Å². The summed E-state index contributed by atoms with van der Waals surface area (Å²) in [4.78, 5) is 4.43. The predicted molar refractivity (Wildman–Crippen MR) is 84.1 cm³/mol. The molecule has 5 nitrogen and oxygen atoms in total. The minimum atomic E-state index is 0. The number of nitrogens with zero attached hydrogens (tertiary/aromatic N) is 2. The van der Waals surface area contributed by atoms with Crippen molar-refractivity contribution in [3.8, 4) is 5.75 Å². The Bertz CT molecular complexity index is 528. The number of halogens is 1. The quantitative estimate of drug-likeness (QED) is 0.851. The second kappa shape index (κ2) is 8.64. The van der Waals surface area contributed by atoms with Crippen LogP contribution in [0.3, 0.4) is 0 Å². The number of rotatable bonds is 7. The second-order valence-electron chi connectivity index (χ2n) is 4.75. The van der Waals surface area contributed by atoms with Gasteiger partial charge in [-0.1, -0.05) is 24.2 Å². The molecule has 1 aromatic carbocycles. The lowest BCUT2D eigenvalue weighted by Gasteiger charge is -2.06.